The van der Waals surface area contributed by atoms with E-state index in [1.807, 2.05) is 61.6 Å². The number of carbonyl (C=O) groups is 2. The number of nitrogens with one attached hydrogen (secondary N) is 1. The molecule has 2 bridgehead atoms. The van der Waals surface area contributed by atoms with Crippen LogP contribution in [0.15, 0.2) is 102 Å². The molecule has 3 atom stereocenters. The number of pyridine rings is 1. The molecular formula is C43H44Cl2N3O8+. The minimum atomic E-state index is -0.809. The van der Waals surface area contributed by atoms with E-state index in [1.165, 1.54) is 7.11 Å². The van der Waals surface area contributed by atoms with Crippen LogP contribution < -0.4 is 24.1 Å². The summed E-state index contributed by atoms with van der Waals surface area (Å²) in [5.74, 6) is 1.67. The average Bonchev–Trinajstić information content (AvgIpc) is 3.70. The molecule has 3 aromatic carbocycles. The Morgan fingerprint density at radius 3 is 2.30 bits per heavy atom. The van der Waals surface area contributed by atoms with E-state index in [4.69, 9.17) is 51.3 Å². The standard InChI is InChI=1S/C43H43Cl2N3O8/c1-47-23-34(44)33(35(45)24-47)22-38(29-12-14-36(51-2)39(21-29)52-3)55-42(49)37-15-13-32(54-37)26-53-31-11-7-10-30(20-31)41(28-8-5-4-6-9-28)46-43(50)56-40-25-48-18-16-27(40)17-19-48/h4-15,20-21,23-24,27,38,40-41H,16-19,22,25-26H2,1-3H3/p+1/t38?,40-,41-/m0/s1. The van der Waals surface area contributed by atoms with Gasteiger partial charge in [0.2, 0.25) is 5.76 Å². The van der Waals surface area contributed by atoms with Crippen molar-refractivity contribution in [2.45, 2.75) is 44.1 Å². The monoisotopic (exact) mass is 800 g/mol. The number of alkyl carbamates (subject to hydrolysis) is 1. The second-order valence-corrected chi connectivity index (χ2v) is 14.8. The molecule has 56 heavy (non-hydrogen) atoms. The van der Waals surface area contributed by atoms with E-state index in [-0.39, 0.29) is 24.9 Å². The second-order valence-electron chi connectivity index (χ2n) is 14.0. The Balaban J connectivity index is 1.04. The number of esters is 1. The van der Waals surface area contributed by atoms with E-state index in [2.05, 4.69) is 10.2 Å². The van der Waals surface area contributed by atoms with Gasteiger partial charge in [0.05, 0.1) is 20.3 Å². The molecule has 2 aromatic heterocycles. The Labute approximate surface area is 336 Å². The number of benzene rings is 3. The van der Waals surface area contributed by atoms with Crippen LogP contribution in [0.25, 0.3) is 0 Å². The topological polar surface area (TPSA) is 113 Å². The van der Waals surface area contributed by atoms with Gasteiger partial charge in [-0.1, -0.05) is 71.7 Å². The molecule has 3 fully saturated rings. The molecule has 1 N–H and O–H groups in total. The maximum atomic E-state index is 13.6. The minimum absolute atomic E-state index is 0.00526. The summed E-state index contributed by atoms with van der Waals surface area (Å²) in [6.45, 7) is 2.94. The summed E-state index contributed by atoms with van der Waals surface area (Å²) >= 11 is 13.2. The van der Waals surface area contributed by atoms with E-state index < -0.39 is 24.2 Å². The highest BCUT2D eigenvalue weighted by molar-refractivity contribution is 6.35. The first-order chi connectivity index (χ1) is 27.2. The highest BCUT2D eigenvalue weighted by Crippen LogP contribution is 2.36. The van der Waals surface area contributed by atoms with Crippen molar-refractivity contribution in [3.05, 3.63) is 141 Å². The van der Waals surface area contributed by atoms with E-state index in [1.54, 1.807) is 54.4 Å². The van der Waals surface area contributed by atoms with Gasteiger partial charge < -0.3 is 33.4 Å². The third-order valence-electron chi connectivity index (χ3n) is 10.3. The molecule has 3 aliphatic heterocycles. The molecule has 292 valence electrons. The smallest absolute Gasteiger partial charge is 0.408 e. The van der Waals surface area contributed by atoms with Gasteiger partial charge in [0.15, 0.2) is 23.9 Å². The van der Waals surface area contributed by atoms with Gasteiger partial charge in [-0.3, -0.25) is 4.90 Å². The largest absolute Gasteiger partial charge is 0.493 e. The van der Waals surface area contributed by atoms with Crippen LogP contribution in [0.4, 0.5) is 4.79 Å². The van der Waals surface area contributed by atoms with E-state index >= 15 is 0 Å². The van der Waals surface area contributed by atoms with Crippen molar-refractivity contribution in [1.82, 2.24) is 10.2 Å². The molecule has 0 aliphatic carbocycles. The Morgan fingerprint density at radius 2 is 1.61 bits per heavy atom. The first-order valence-corrected chi connectivity index (χ1v) is 19.2. The van der Waals surface area contributed by atoms with Gasteiger partial charge in [-0.25, -0.2) is 14.2 Å². The normalized spacial score (nSPS) is 18.4. The van der Waals surface area contributed by atoms with Gasteiger partial charge in [-0.05, 0) is 84.9 Å². The number of amides is 1. The number of aromatic nitrogens is 1. The van der Waals surface area contributed by atoms with Crippen LogP contribution in [0, 0.1) is 5.92 Å². The molecule has 3 aliphatic rings. The number of fused-ring (bicyclic) bond motifs is 3. The Hall–Kier alpha value is -5.23. The summed E-state index contributed by atoms with van der Waals surface area (Å²) in [6, 6.07) is 25.2. The molecule has 1 amide bonds. The summed E-state index contributed by atoms with van der Waals surface area (Å²) in [7, 11) is 4.90. The van der Waals surface area contributed by atoms with Crippen LogP contribution in [0.5, 0.6) is 17.2 Å². The molecule has 0 radical (unpaired) electrons. The van der Waals surface area contributed by atoms with Crippen molar-refractivity contribution < 1.29 is 42.3 Å². The van der Waals surface area contributed by atoms with Gasteiger partial charge in [0.1, 0.15) is 47.4 Å². The Kier molecular flexibility index (Phi) is 12.3. The lowest BCUT2D eigenvalue weighted by Gasteiger charge is -2.43. The second kappa shape index (κ2) is 17.7. The van der Waals surface area contributed by atoms with Crippen LogP contribution in [-0.2, 0) is 29.5 Å². The van der Waals surface area contributed by atoms with Crippen molar-refractivity contribution in [2.75, 3.05) is 33.9 Å². The fraction of sp³-hybridized carbons (Fsp3) is 0.326. The van der Waals surface area contributed by atoms with Crippen molar-refractivity contribution in [1.29, 1.82) is 0 Å². The number of furan rings is 1. The third kappa shape index (κ3) is 9.24. The third-order valence-corrected chi connectivity index (χ3v) is 11.0. The summed E-state index contributed by atoms with van der Waals surface area (Å²) in [5.41, 5.74) is 2.98. The van der Waals surface area contributed by atoms with Gasteiger partial charge in [-0.2, -0.15) is 0 Å². The minimum Gasteiger partial charge on any atom is -0.493 e. The Bertz CT molecular complexity index is 2130. The van der Waals surface area contributed by atoms with Crippen LogP contribution in [0.1, 0.15) is 63.6 Å². The molecule has 8 rings (SSSR count). The molecule has 13 heteroatoms. The molecule has 0 saturated carbocycles. The number of piperidine rings is 3. The number of rotatable bonds is 14. The van der Waals surface area contributed by atoms with E-state index in [0.717, 1.165) is 43.6 Å². The molecule has 5 heterocycles. The number of halogens is 2. The lowest BCUT2D eigenvalue weighted by molar-refractivity contribution is -0.671. The fourth-order valence-electron chi connectivity index (χ4n) is 7.35. The SMILES string of the molecule is COc1ccc(C(Cc2c(Cl)c[n+](C)cc2Cl)OC(=O)c2ccc(COc3cccc([C@@H](NC(=O)O[C@H]4CN5CCC4CC5)c4ccccc4)c3)o2)cc1OC. The zero-order valence-electron chi connectivity index (χ0n) is 31.4. The van der Waals surface area contributed by atoms with Crippen molar-refractivity contribution in [3.63, 3.8) is 0 Å². The predicted octanol–water partition coefficient (Wildman–Crippen LogP) is 8.06. The highest BCUT2D eigenvalue weighted by Gasteiger charge is 2.37. The Morgan fingerprint density at radius 1 is 0.875 bits per heavy atom. The highest BCUT2D eigenvalue weighted by atomic mass is 35.5. The number of ether oxygens (including phenoxy) is 5. The summed E-state index contributed by atoms with van der Waals surface area (Å²) in [5, 5.41) is 3.96. The molecular weight excluding hydrogens is 757 g/mol. The zero-order valence-corrected chi connectivity index (χ0v) is 32.9. The zero-order chi connectivity index (χ0) is 39.2. The van der Waals surface area contributed by atoms with Gasteiger partial charge in [0, 0.05) is 18.5 Å². The number of hydrogen-bond donors (Lipinski definition) is 1. The maximum absolute atomic E-state index is 13.6. The molecule has 0 spiro atoms. The number of aryl methyl sites for hydroxylation is 1. The van der Waals surface area contributed by atoms with E-state index in [9.17, 15) is 9.59 Å². The molecule has 1 unspecified atom stereocenters. The number of nitrogens with zero attached hydrogens (tertiary/aromatic N) is 2. The van der Waals surface area contributed by atoms with Crippen LogP contribution in [0.3, 0.4) is 0 Å². The molecule has 3 saturated heterocycles. The van der Waals surface area contributed by atoms with Gasteiger partial charge in [-0.15, -0.1) is 0 Å². The van der Waals surface area contributed by atoms with Crippen molar-refractivity contribution in [3.8, 4) is 17.2 Å². The predicted molar refractivity (Wildman–Crippen MR) is 209 cm³/mol. The summed E-state index contributed by atoms with van der Waals surface area (Å²) in [4.78, 5) is 29.2. The van der Waals surface area contributed by atoms with E-state index in [0.29, 0.717) is 50.1 Å². The first-order valence-electron chi connectivity index (χ1n) is 18.5. The van der Waals surface area contributed by atoms with Crippen LogP contribution in [0.2, 0.25) is 10.0 Å². The number of methoxy groups -OCH3 is 2. The molecule has 5 aromatic rings. The van der Waals surface area contributed by atoms with Gasteiger partial charge >= 0.3 is 12.1 Å². The lowest BCUT2D eigenvalue weighted by Crippen LogP contribution is -2.52. The summed E-state index contributed by atoms with van der Waals surface area (Å²) < 4.78 is 36.7. The average molecular weight is 802 g/mol. The number of carbonyl (C=O) groups excluding carboxylic acids is 2. The quantitative estimate of drug-likeness (QED) is 0.0881. The van der Waals surface area contributed by atoms with Crippen LogP contribution >= 0.6 is 23.2 Å². The first kappa shape index (κ1) is 39.0. The van der Waals surface area contributed by atoms with Gasteiger partial charge in [0.25, 0.3) is 0 Å². The summed E-state index contributed by atoms with van der Waals surface area (Å²) in [6.07, 6.45) is 4.38. The maximum Gasteiger partial charge on any atom is 0.408 e. The lowest BCUT2D eigenvalue weighted by atomic mass is 9.86. The van der Waals surface area contributed by atoms with Crippen molar-refractivity contribution >= 4 is 35.3 Å². The number of hydrogen-bond acceptors (Lipinski definition) is 9. The molecule has 11 nitrogen and oxygen atoms in total. The van der Waals surface area contributed by atoms with Crippen molar-refractivity contribution in [2.24, 2.45) is 13.0 Å². The van der Waals surface area contributed by atoms with Crippen LogP contribution in [-0.4, -0.2) is 56.9 Å². The fourth-order valence-corrected chi connectivity index (χ4v) is 8.07.